The maximum Gasteiger partial charge on any atom is 0.0952 e. The van der Waals surface area contributed by atoms with E-state index in [1.54, 1.807) is 6.20 Å². The Morgan fingerprint density at radius 1 is 1.45 bits per heavy atom. The number of hydrogen-bond donors (Lipinski definition) is 1. The summed E-state index contributed by atoms with van der Waals surface area (Å²) in [6.45, 7) is 2.11. The molecule has 1 aliphatic heterocycles. The normalized spacial score (nSPS) is 32.6. The quantitative estimate of drug-likeness (QED) is 0.548. The van der Waals surface area contributed by atoms with Crippen LogP contribution in [0, 0.1) is 0 Å². The fraction of sp³-hybridized carbons (Fsp3) is 0.222. The Kier molecular flexibility index (Phi) is 1.22. The monoisotopic (exact) mass is 146 g/mol. The third-order valence-corrected chi connectivity index (χ3v) is 2.00. The predicted molar refractivity (Wildman–Crippen MR) is 46.4 cm³/mol. The van der Waals surface area contributed by atoms with Crippen molar-refractivity contribution in [2.75, 3.05) is 0 Å². The molecular weight excluding hydrogens is 136 g/mol. The average Bonchev–Trinajstić information content (AvgIpc) is 2.03. The number of nitrogens with zero attached hydrogens (tertiary/aromatic N) is 1. The van der Waals surface area contributed by atoms with Gasteiger partial charge in [0.1, 0.15) is 0 Å². The topological polar surface area (TPSA) is 24.4 Å². The van der Waals surface area contributed by atoms with Crippen LogP contribution in [0.3, 0.4) is 0 Å². The molecule has 1 unspecified atom stereocenters. The summed E-state index contributed by atoms with van der Waals surface area (Å²) in [5.41, 5.74) is 0.992. The Hall–Kier alpha value is -1.31. The lowest BCUT2D eigenvalue weighted by Gasteiger charge is -2.30. The summed E-state index contributed by atoms with van der Waals surface area (Å²) in [5, 5.41) is 3.25. The van der Waals surface area contributed by atoms with Gasteiger partial charge in [-0.15, -0.1) is 0 Å². The van der Waals surface area contributed by atoms with E-state index in [1.807, 2.05) is 24.4 Å². The standard InChI is InChI=1S/C9H10N2/c1-9-5-3-2-4-8(9)10-6-7-11-9/h2-7,11H,1H3. The van der Waals surface area contributed by atoms with Gasteiger partial charge in [-0.3, -0.25) is 4.99 Å². The first-order chi connectivity index (χ1) is 5.31. The number of fused-ring (bicyclic) bond motifs is 1. The van der Waals surface area contributed by atoms with E-state index in [0.717, 1.165) is 5.71 Å². The molecule has 0 aromatic rings. The van der Waals surface area contributed by atoms with Crippen LogP contribution in [0.4, 0.5) is 0 Å². The van der Waals surface area contributed by atoms with Gasteiger partial charge in [-0.25, -0.2) is 0 Å². The van der Waals surface area contributed by atoms with Gasteiger partial charge in [0.25, 0.3) is 0 Å². The van der Waals surface area contributed by atoms with Gasteiger partial charge in [-0.05, 0) is 13.0 Å². The fourth-order valence-electron chi connectivity index (χ4n) is 1.28. The Morgan fingerprint density at radius 2 is 2.36 bits per heavy atom. The van der Waals surface area contributed by atoms with Crippen LogP contribution in [0.5, 0.6) is 0 Å². The van der Waals surface area contributed by atoms with Gasteiger partial charge in [0, 0.05) is 12.4 Å². The smallest absolute Gasteiger partial charge is 0.0952 e. The lowest BCUT2D eigenvalue weighted by molar-refractivity contribution is 0.646. The zero-order valence-corrected chi connectivity index (χ0v) is 6.41. The number of rotatable bonds is 0. The van der Waals surface area contributed by atoms with Crippen LogP contribution in [0.1, 0.15) is 6.92 Å². The van der Waals surface area contributed by atoms with Gasteiger partial charge in [0.15, 0.2) is 0 Å². The fourth-order valence-corrected chi connectivity index (χ4v) is 1.28. The largest absolute Gasteiger partial charge is 0.376 e. The van der Waals surface area contributed by atoms with Gasteiger partial charge in [-0.1, -0.05) is 18.2 Å². The molecule has 0 aromatic carbocycles. The van der Waals surface area contributed by atoms with Crippen molar-refractivity contribution < 1.29 is 0 Å². The van der Waals surface area contributed by atoms with Crippen LogP contribution >= 0.6 is 0 Å². The average molecular weight is 146 g/mol. The summed E-state index contributed by atoms with van der Waals surface area (Å²) in [6, 6.07) is 0. The van der Waals surface area contributed by atoms with E-state index in [1.165, 1.54) is 0 Å². The molecular formula is C9H10N2. The summed E-state index contributed by atoms with van der Waals surface area (Å²) < 4.78 is 0. The maximum atomic E-state index is 4.26. The van der Waals surface area contributed by atoms with Crippen LogP contribution in [-0.4, -0.2) is 11.3 Å². The van der Waals surface area contributed by atoms with Crippen LogP contribution in [0.15, 0.2) is 41.7 Å². The van der Waals surface area contributed by atoms with E-state index in [2.05, 4.69) is 23.3 Å². The molecule has 2 heteroatoms. The first kappa shape index (κ1) is 6.40. The molecule has 2 rings (SSSR count). The van der Waals surface area contributed by atoms with Crippen LogP contribution in [0.25, 0.3) is 0 Å². The number of aliphatic imine (C=N–C) groups is 1. The number of nitrogens with one attached hydrogen (secondary N) is 1. The molecule has 0 bridgehead atoms. The lowest BCUT2D eigenvalue weighted by atomic mass is 9.91. The zero-order valence-electron chi connectivity index (χ0n) is 6.41. The molecule has 2 nitrogen and oxygen atoms in total. The van der Waals surface area contributed by atoms with Crippen molar-refractivity contribution in [3.8, 4) is 0 Å². The Balaban J connectivity index is 2.45. The van der Waals surface area contributed by atoms with Crippen molar-refractivity contribution in [2.45, 2.75) is 12.5 Å². The van der Waals surface area contributed by atoms with Crippen LogP contribution in [0.2, 0.25) is 0 Å². The second-order valence-electron chi connectivity index (χ2n) is 2.89. The Bertz CT molecular complexity index is 284. The van der Waals surface area contributed by atoms with E-state index in [9.17, 15) is 0 Å². The summed E-state index contributed by atoms with van der Waals surface area (Å²) in [5.74, 6) is 0. The second-order valence-corrected chi connectivity index (χ2v) is 2.89. The minimum absolute atomic E-state index is 0.0799. The molecule has 2 aliphatic rings. The van der Waals surface area contributed by atoms with E-state index in [-0.39, 0.29) is 5.54 Å². The van der Waals surface area contributed by atoms with Crippen molar-refractivity contribution in [3.63, 3.8) is 0 Å². The molecule has 11 heavy (non-hydrogen) atoms. The lowest BCUT2D eigenvalue weighted by Crippen LogP contribution is -2.46. The molecule has 0 saturated heterocycles. The van der Waals surface area contributed by atoms with E-state index < -0.39 is 0 Å². The second kappa shape index (κ2) is 2.09. The predicted octanol–water partition coefficient (Wildman–Crippen LogP) is 1.39. The highest BCUT2D eigenvalue weighted by atomic mass is 15.0. The summed E-state index contributed by atoms with van der Waals surface area (Å²) >= 11 is 0. The highest BCUT2D eigenvalue weighted by molar-refractivity contribution is 6.05. The van der Waals surface area contributed by atoms with Crippen molar-refractivity contribution in [1.82, 2.24) is 5.32 Å². The Morgan fingerprint density at radius 3 is 3.18 bits per heavy atom. The van der Waals surface area contributed by atoms with Crippen molar-refractivity contribution >= 4 is 5.71 Å². The van der Waals surface area contributed by atoms with Crippen molar-refractivity contribution in [2.24, 2.45) is 4.99 Å². The molecule has 0 fully saturated rings. The third kappa shape index (κ3) is 0.909. The first-order valence-electron chi connectivity index (χ1n) is 3.68. The van der Waals surface area contributed by atoms with Gasteiger partial charge < -0.3 is 5.32 Å². The summed E-state index contributed by atoms with van der Waals surface area (Å²) in [7, 11) is 0. The summed E-state index contributed by atoms with van der Waals surface area (Å²) in [6.07, 6.45) is 11.8. The van der Waals surface area contributed by atoms with Crippen molar-refractivity contribution in [1.29, 1.82) is 0 Å². The van der Waals surface area contributed by atoms with E-state index >= 15 is 0 Å². The molecule has 1 heterocycles. The molecule has 0 saturated carbocycles. The molecule has 0 spiro atoms. The maximum absolute atomic E-state index is 4.26. The van der Waals surface area contributed by atoms with E-state index in [0.29, 0.717) is 0 Å². The molecule has 0 aromatic heterocycles. The van der Waals surface area contributed by atoms with Crippen LogP contribution in [-0.2, 0) is 0 Å². The number of allylic oxidation sites excluding steroid dienone is 2. The van der Waals surface area contributed by atoms with E-state index in [4.69, 9.17) is 0 Å². The van der Waals surface area contributed by atoms with Crippen LogP contribution < -0.4 is 5.32 Å². The van der Waals surface area contributed by atoms with Crippen molar-refractivity contribution in [3.05, 3.63) is 36.7 Å². The first-order valence-corrected chi connectivity index (χ1v) is 3.68. The minimum atomic E-state index is -0.0799. The molecule has 1 atom stereocenters. The van der Waals surface area contributed by atoms with Gasteiger partial charge in [-0.2, -0.15) is 0 Å². The number of hydrogen-bond acceptors (Lipinski definition) is 2. The highest BCUT2D eigenvalue weighted by Gasteiger charge is 2.26. The highest BCUT2D eigenvalue weighted by Crippen LogP contribution is 2.17. The Labute approximate surface area is 66.0 Å². The molecule has 0 radical (unpaired) electrons. The van der Waals surface area contributed by atoms with Gasteiger partial charge in [0.2, 0.25) is 0 Å². The van der Waals surface area contributed by atoms with Gasteiger partial charge >= 0.3 is 0 Å². The minimum Gasteiger partial charge on any atom is -0.376 e. The molecule has 1 N–H and O–H groups in total. The molecule has 1 aliphatic carbocycles. The molecule has 0 amide bonds. The summed E-state index contributed by atoms with van der Waals surface area (Å²) in [4.78, 5) is 4.26. The SMILES string of the molecule is CC12C=CC=CC1=NC=CN2. The van der Waals surface area contributed by atoms with Gasteiger partial charge in [0.05, 0.1) is 11.3 Å². The zero-order chi connectivity index (χ0) is 7.73. The molecule has 56 valence electrons. The third-order valence-electron chi connectivity index (χ3n) is 2.00.